The van der Waals surface area contributed by atoms with Gasteiger partial charge in [0.05, 0.1) is 49.1 Å². The molecule has 14 heteroatoms. The molecule has 1 saturated heterocycles. The van der Waals surface area contributed by atoms with Crippen molar-refractivity contribution in [2.24, 2.45) is 17.8 Å². The van der Waals surface area contributed by atoms with E-state index >= 15 is 0 Å². The number of nitrogens with zero attached hydrogens (tertiary/aromatic N) is 7. The lowest BCUT2D eigenvalue weighted by atomic mass is 9.96. The Hall–Kier alpha value is -4.20. The second-order valence-electron chi connectivity index (χ2n) is 11.3. The van der Waals surface area contributed by atoms with Gasteiger partial charge in [-0.25, -0.2) is 9.97 Å². The van der Waals surface area contributed by atoms with Crippen LogP contribution >= 0.6 is 11.6 Å². The SMILES string of the molecule is C1COCCN1.C[C@@H](CN=CN)Oc1cc(-c2cnc(Nc3cn(C4CCCCC4)nc3OCc3ccn(C)n3)nc2)ccc1Cl. The van der Waals surface area contributed by atoms with Crippen LogP contribution in [0, 0.1) is 0 Å². The highest BCUT2D eigenvalue weighted by Crippen LogP contribution is 2.34. The number of hydrogen-bond acceptors (Lipinski definition) is 10. The minimum absolute atomic E-state index is 0.181. The van der Waals surface area contributed by atoms with E-state index in [0.717, 1.165) is 56.0 Å². The molecule has 1 atom stereocenters. The molecule has 2 fully saturated rings. The number of nitrogens with one attached hydrogen (secondary N) is 2. The van der Waals surface area contributed by atoms with Crippen LogP contribution < -0.4 is 25.8 Å². The molecule has 1 aliphatic carbocycles. The van der Waals surface area contributed by atoms with Gasteiger partial charge in [-0.05, 0) is 43.5 Å². The molecule has 13 nitrogen and oxygen atoms in total. The number of benzene rings is 1. The fraction of sp³-hybridized carbons (Fsp3) is 0.469. The lowest BCUT2D eigenvalue weighted by Gasteiger charge is -2.21. The van der Waals surface area contributed by atoms with Gasteiger partial charge in [0.1, 0.15) is 24.1 Å². The first kappa shape index (κ1) is 33.2. The maximum Gasteiger partial charge on any atom is 0.257 e. The van der Waals surface area contributed by atoms with Gasteiger partial charge in [-0.3, -0.25) is 14.4 Å². The normalized spacial score (nSPS) is 16.1. The van der Waals surface area contributed by atoms with E-state index in [1.807, 2.05) is 49.2 Å². The number of ether oxygens (including phenoxy) is 3. The maximum absolute atomic E-state index is 6.36. The Morgan fingerprint density at radius 1 is 1.13 bits per heavy atom. The summed E-state index contributed by atoms with van der Waals surface area (Å²) in [4.78, 5) is 13.1. The van der Waals surface area contributed by atoms with Gasteiger partial charge in [0.2, 0.25) is 5.95 Å². The molecular formula is C32H43ClN10O3. The maximum atomic E-state index is 6.36. The third-order valence-corrected chi connectivity index (χ3v) is 7.89. The van der Waals surface area contributed by atoms with Crippen molar-refractivity contribution in [3.63, 3.8) is 0 Å². The Morgan fingerprint density at radius 3 is 2.57 bits per heavy atom. The molecule has 4 heterocycles. The first-order valence-electron chi connectivity index (χ1n) is 15.7. The van der Waals surface area contributed by atoms with Gasteiger partial charge in [0.25, 0.3) is 5.88 Å². The average Bonchev–Trinajstić information content (AvgIpc) is 3.71. The summed E-state index contributed by atoms with van der Waals surface area (Å²) < 4.78 is 20.8. The van der Waals surface area contributed by atoms with Crippen molar-refractivity contribution in [2.45, 2.75) is 57.8 Å². The smallest absolute Gasteiger partial charge is 0.257 e. The average molecular weight is 651 g/mol. The standard InChI is InChI=1S/C28H34ClN9O2.C4H9NO/c1-19(13-31-18-30)40-26-12-20(8-9-24(26)29)21-14-32-28(33-15-21)34-25-16-38(23-6-4-3-5-7-23)36-27(25)39-17-22-10-11-37(2)35-22;1-3-6-4-2-5-1/h8-12,14-16,18-19,23H,3-7,13,17H2,1-2H3,(H2,30,31)(H,32,33,34);5H,1-4H2/t19-;/m0./s1. The number of morpholine rings is 1. The number of nitrogens with two attached hydrogens (primary N) is 1. The Balaban J connectivity index is 0.000000624. The fourth-order valence-corrected chi connectivity index (χ4v) is 5.36. The van der Waals surface area contributed by atoms with Gasteiger partial charge in [0.15, 0.2) is 0 Å². The molecule has 0 spiro atoms. The van der Waals surface area contributed by atoms with Gasteiger partial charge in [-0.15, -0.1) is 5.10 Å². The minimum Gasteiger partial charge on any atom is -0.487 e. The summed E-state index contributed by atoms with van der Waals surface area (Å²) in [6, 6.07) is 7.85. The van der Waals surface area contributed by atoms with Crippen molar-refractivity contribution in [1.29, 1.82) is 0 Å². The lowest BCUT2D eigenvalue weighted by molar-refractivity contribution is 0.109. The van der Waals surface area contributed by atoms with Crippen molar-refractivity contribution >= 4 is 29.6 Å². The largest absolute Gasteiger partial charge is 0.487 e. The molecule has 4 N–H and O–H groups in total. The van der Waals surface area contributed by atoms with Crippen molar-refractivity contribution in [3.05, 3.63) is 59.8 Å². The summed E-state index contributed by atoms with van der Waals surface area (Å²) in [6.45, 7) is 6.49. The van der Waals surface area contributed by atoms with Crippen LogP contribution in [0.1, 0.15) is 50.8 Å². The summed E-state index contributed by atoms with van der Waals surface area (Å²) in [5.74, 6) is 1.50. The summed E-state index contributed by atoms with van der Waals surface area (Å²) in [6.07, 6.45) is 14.4. The summed E-state index contributed by atoms with van der Waals surface area (Å²) in [5, 5.41) is 16.1. The molecule has 4 aromatic rings. The monoisotopic (exact) mass is 650 g/mol. The van der Waals surface area contributed by atoms with Crippen LogP contribution in [-0.4, -0.2) is 74.8 Å². The third kappa shape index (κ3) is 9.65. The van der Waals surface area contributed by atoms with Crippen molar-refractivity contribution in [1.82, 2.24) is 34.8 Å². The lowest BCUT2D eigenvalue weighted by Crippen LogP contribution is -2.30. The second-order valence-corrected chi connectivity index (χ2v) is 11.7. The molecule has 1 saturated carbocycles. The van der Waals surface area contributed by atoms with E-state index in [0.29, 0.717) is 47.5 Å². The molecule has 1 aliphatic heterocycles. The van der Waals surface area contributed by atoms with Crippen LogP contribution in [0.3, 0.4) is 0 Å². The van der Waals surface area contributed by atoms with Crippen LogP contribution in [0.15, 0.2) is 54.0 Å². The zero-order valence-electron chi connectivity index (χ0n) is 26.4. The predicted molar refractivity (Wildman–Crippen MR) is 179 cm³/mol. The van der Waals surface area contributed by atoms with Gasteiger partial charge >= 0.3 is 0 Å². The highest BCUT2D eigenvalue weighted by molar-refractivity contribution is 6.32. The van der Waals surface area contributed by atoms with Crippen molar-refractivity contribution in [2.75, 3.05) is 38.2 Å². The molecule has 6 rings (SSSR count). The topological polar surface area (TPSA) is 152 Å². The molecule has 3 aromatic heterocycles. The molecule has 2 aliphatic rings. The molecule has 0 radical (unpaired) electrons. The zero-order valence-corrected chi connectivity index (χ0v) is 27.2. The predicted octanol–water partition coefficient (Wildman–Crippen LogP) is 4.92. The van der Waals surface area contributed by atoms with E-state index < -0.39 is 0 Å². The van der Waals surface area contributed by atoms with Gasteiger partial charge in [-0.2, -0.15) is 5.10 Å². The van der Waals surface area contributed by atoms with Crippen LogP contribution in [-0.2, 0) is 18.4 Å². The Labute approximate surface area is 274 Å². The molecular weight excluding hydrogens is 608 g/mol. The second kappa shape index (κ2) is 16.9. The molecule has 0 amide bonds. The molecule has 246 valence electrons. The van der Waals surface area contributed by atoms with E-state index in [9.17, 15) is 0 Å². The van der Waals surface area contributed by atoms with Crippen LogP contribution in [0.25, 0.3) is 11.1 Å². The Morgan fingerprint density at radius 2 is 1.91 bits per heavy atom. The molecule has 46 heavy (non-hydrogen) atoms. The number of hydrogen-bond donors (Lipinski definition) is 3. The number of anilines is 2. The van der Waals surface area contributed by atoms with E-state index in [4.69, 9.17) is 36.6 Å². The molecule has 1 aromatic carbocycles. The van der Waals surface area contributed by atoms with Gasteiger partial charge in [-0.1, -0.05) is 36.9 Å². The number of rotatable bonds is 11. The number of aryl methyl sites for hydroxylation is 1. The Kier molecular flexibility index (Phi) is 12.2. The van der Waals surface area contributed by atoms with E-state index in [1.54, 1.807) is 23.1 Å². The molecule has 0 unspecified atom stereocenters. The van der Waals surface area contributed by atoms with Gasteiger partial charge < -0.3 is 30.6 Å². The quantitative estimate of drug-likeness (QED) is 0.151. The first-order valence-corrected chi connectivity index (χ1v) is 16.1. The van der Waals surface area contributed by atoms with Crippen molar-refractivity contribution in [3.8, 4) is 22.8 Å². The summed E-state index contributed by atoms with van der Waals surface area (Å²) >= 11 is 6.36. The minimum atomic E-state index is -0.181. The van der Waals surface area contributed by atoms with Crippen LogP contribution in [0.4, 0.5) is 11.6 Å². The number of aromatic nitrogens is 6. The molecule has 0 bridgehead atoms. The number of halogens is 1. The highest BCUT2D eigenvalue weighted by atomic mass is 35.5. The Bertz CT molecular complexity index is 1520. The van der Waals surface area contributed by atoms with Gasteiger partial charge in [0, 0.05) is 44.3 Å². The summed E-state index contributed by atoms with van der Waals surface area (Å²) in [7, 11) is 1.88. The number of aliphatic imine (C=N–C) groups is 1. The van der Waals surface area contributed by atoms with Crippen LogP contribution in [0.2, 0.25) is 5.02 Å². The zero-order chi connectivity index (χ0) is 32.1. The summed E-state index contributed by atoms with van der Waals surface area (Å²) in [5.41, 5.74) is 8.58. The van der Waals surface area contributed by atoms with Crippen LogP contribution in [0.5, 0.6) is 11.6 Å². The third-order valence-electron chi connectivity index (χ3n) is 7.58. The van der Waals surface area contributed by atoms with E-state index in [-0.39, 0.29) is 6.10 Å². The highest BCUT2D eigenvalue weighted by Gasteiger charge is 2.20. The fourth-order valence-electron chi connectivity index (χ4n) is 5.20. The van der Waals surface area contributed by atoms with E-state index in [1.165, 1.54) is 25.6 Å². The first-order chi connectivity index (χ1) is 22.5. The van der Waals surface area contributed by atoms with Crippen molar-refractivity contribution < 1.29 is 14.2 Å². The van der Waals surface area contributed by atoms with E-state index in [2.05, 4.69) is 30.7 Å².